The largest absolute Gasteiger partial charge is 0.383 e. The quantitative estimate of drug-likeness (QED) is 0.395. The first-order valence-electron chi connectivity index (χ1n) is 12.1. The Labute approximate surface area is 221 Å². The zero-order valence-corrected chi connectivity index (χ0v) is 21.9. The lowest BCUT2D eigenvalue weighted by atomic mass is 9.90. The topological polar surface area (TPSA) is 74.8 Å². The lowest BCUT2D eigenvalue weighted by Crippen LogP contribution is -2.39. The van der Waals surface area contributed by atoms with Gasteiger partial charge in [0.15, 0.2) is 0 Å². The molecule has 0 spiro atoms. The summed E-state index contributed by atoms with van der Waals surface area (Å²) in [6.45, 7) is 2.57. The lowest BCUT2D eigenvalue weighted by molar-refractivity contribution is 0.0685. The Balaban J connectivity index is 1.32. The van der Waals surface area contributed by atoms with Crippen LogP contribution in [0.15, 0.2) is 60.0 Å². The fourth-order valence-corrected chi connectivity index (χ4v) is 5.19. The predicted molar refractivity (Wildman–Crippen MR) is 144 cm³/mol. The molecule has 0 aliphatic carbocycles. The van der Waals surface area contributed by atoms with Gasteiger partial charge >= 0.3 is 6.03 Å². The maximum atomic E-state index is 13.1. The number of hydrogen-bond donors (Lipinski definition) is 1. The van der Waals surface area contributed by atoms with Gasteiger partial charge in [-0.05, 0) is 55.0 Å². The average molecular weight is 527 g/mol. The molecule has 0 radical (unpaired) electrons. The summed E-state index contributed by atoms with van der Waals surface area (Å²) >= 11 is 7.33. The number of carbonyl (C=O) groups excluding carboxylic acids is 2. The minimum Gasteiger partial charge on any atom is -0.383 e. The van der Waals surface area contributed by atoms with Crippen LogP contribution in [0, 0.1) is 5.92 Å². The first-order chi connectivity index (χ1) is 17.5. The highest BCUT2D eigenvalue weighted by Gasteiger charge is 2.26. The van der Waals surface area contributed by atoms with E-state index in [1.54, 1.807) is 41.7 Å². The zero-order chi connectivity index (χ0) is 25.3. The minimum atomic E-state index is -0.266. The molecular weight excluding hydrogens is 496 g/mol. The van der Waals surface area contributed by atoms with Crippen LogP contribution in [0.25, 0.3) is 0 Å². The number of hydrogen-bond acceptors (Lipinski definition) is 5. The van der Waals surface area contributed by atoms with Crippen LogP contribution in [0.4, 0.5) is 10.5 Å². The molecule has 36 heavy (non-hydrogen) atoms. The van der Waals surface area contributed by atoms with Crippen LogP contribution in [0.1, 0.15) is 33.9 Å². The summed E-state index contributed by atoms with van der Waals surface area (Å²) in [6, 6.07) is 17.2. The summed E-state index contributed by atoms with van der Waals surface area (Å²) in [5.74, 6) is 0.556. The molecule has 4 rings (SSSR count). The van der Waals surface area contributed by atoms with Crippen LogP contribution in [0.2, 0.25) is 5.02 Å². The molecule has 1 fully saturated rings. The molecule has 1 aliphatic heterocycles. The molecule has 1 aliphatic rings. The third-order valence-electron chi connectivity index (χ3n) is 6.31. The van der Waals surface area contributed by atoms with Crippen molar-refractivity contribution in [1.29, 1.82) is 0 Å². The number of rotatable bonds is 9. The summed E-state index contributed by atoms with van der Waals surface area (Å²) in [7, 11) is 1.60. The highest BCUT2D eigenvalue weighted by molar-refractivity contribution is 7.09. The third-order valence-corrected chi connectivity index (χ3v) is 7.40. The van der Waals surface area contributed by atoms with Gasteiger partial charge in [0, 0.05) is 42.8 Å². The van der Waals surface area contributed by atoms with Gasteiger partial charge in [0.05, 0.1) is 13.2 Å². The molecule has 7 nitrogen and oxygen atoms in total. The van der Waals surface area contributed by atoms with Gasteiger partial charge in [0.25, 0.3) is 5.91 Å². The van der Waals surface area contributed by atoms with Crippen molar-refractivity contribution in [2.24, 2.45) is 5.92 Å². The molecule has 2 aromatic carbocycles. The average Bonchev–Trinajstić information content (AvgIpc) is 3.37. The summed E-state index contributed by atoms with van der Waals surface area (Å²) in [5.41, 5.74) is 2.45. The number of urea groups is 1. The molecule has 1 aromatic heterocycles. The Hall–Kier alpha value is -2.94. The number of ether oxygens (including phenoxy) is 1. The summed E-state index contributed by atoms with van der Waals surface area (Å²) in [5, 5.41) is 5.98. The predicted octanol–water partition coefficient (Wildman–Crippen LogP) is 5.57. The number of benzene rings is 2. The van der Waals surface area contributed by atoms with E-state index < -0.39 is 0 Å². The first kappa shape index (κ1) is 26.1. The number of anilines is 1. The standard InChI is InChI=1S/C27H31ClN4O3S/c1-35-16-15-32(27(34)29-23-9-7-22(28)8-10-23)18-25-30-24(19-36-25)26(33)31-13-11-21(12-14-31)17-20-5-3-2-4-6-20/h2-10,19,21H,11-18H2,1H3,(H,29,34). The van der Waals surface area contributed by atoms with Gasteiger partial charge in [-0.2, -0.15) is 0 Å². The highest BCUT2D eigenvalue weighted by atomic mass is 35.5. The number of thiazole rings is 1. The minimum absolute atomic E-state index is 0.0373. The molecule has 190 valence electrons. The van der Waals surface area contributed by atoms with E-state index in [-0.39, 0.29) is 11.9 Å². The number of likely N-dealkylation sites (tertiary alicyclic amines) is 1. The molecule has 0 saturated carbocycles. The molecule has 0 bridgehead atoms. The molecule has 3 amide bonds. The Kier molecular flexibility index (Phi) is 9.33. The van der Waals surface area contributed by atoms with Gasteiger partial charge in [-0.1, -0.05) is 41.9 Å². The van der Waals surface area contributed by atoms with Crippen molar-refractivity contribution in [2.45, 2.75) is 25.8 Å². The second kappa shape index (κ2) is 12.9. The third kappa shape index (κ3) is 7.29. The Morgan fingerprint density at radius 3 is 2.56 bits per heavy atom. The maximum Gasteiger partial charge on any atom is 0.322 e. The summed E-state index contributed by atoms with van der Waals surface area (Å²) in [4.78, 5) is 34.1. The van der Waals surface area contributed by atoms with Gasteiger partial charge in [-0.3, -0.25) is 4.79 Å². The van der Waals surface area contributed by atoms with E-state index in [1.807, 2.05) is 11.0 Å². The number of nitrogens with one attached hydrogen (secondary N) is 1. The zero-order valence-electron chi connectivity index (χ0n) is 20.4. The normalized spacial score (nSPS) is 14.0. The molecule has 0 atom stereocenters. The van der Waals surface area contributed by atoms with Gasteiger partial charge in [0.2, 0.25) is 0 Å². The second-order valence-electron chi connectivity index (χ2n) is 8.90. The summed E-state index contributed by atoms with van der Waals surface area (Å²) < 4.78 is 5.18. The number of nitrogens with zero attached hydrogens (tertiary/aromatic N) is 3. The molecule has 1 saturated heterocycles. The Morgan fingerprint density at radius 1 is 1.14 bits per heavy atom. The smallest absolute Gasteiger partial charge is 0.322 e. The number of halogens is 1. The van der Waals surface area contributed by atoms with Crippen molar-refractivity contribution in [3.05, 3.63) is 81.3 Å². The van der Waals surface area contributed by atoms with Crippen LogP contribution in [0.5, 0.6) is 0 Å². The number of amides is 3. The molecule has 0 unspecified atom stereocenters. The molecule has 9 heteroatoms. The van der Waals surface area contributed by atoms with Gasteiger partial charge in [-0.15, -0.1) is 11.3 Å². The number of carbonyl (C=O) groups is 2. The second-order valence-corrected chi connectivity index (χ2v) is 10.3. The van der Waals surface area contributed by atoms with Crippen molar-refractivity contribution in [3.63, 3.8) is 0 Å². The van der Waals surface area contributed by atoms with E-state index in [9.17, 15) is 9.59 Å². The van der Waals surface area contributed by atoms with Gasteiger partial charge < -0.3 is 19.9 Å². The monoisotopic (exact) mass is 526 g/mol. The summed E-state index contributed by atoms with van der Waals surface area (Å²) in [6.07, 6.45) is 3.04. The fraction of sp³-hybridized carbons (Fsp3) is 0.370. The highest BCUT2D eigenvalue weighted by Crippen LogP contribution is 2.24. The van der Waals surface area contributed by atoms with Crippen molar-refractivity contribution < 1.29 is 14.3 Å². The first-order valence-corrected chi connectivity index (χ1v) is 13.4. The lowest BCUT2D eigenvalue weighted by Gasteiger charge is -2.31. The van der Waals surface area contributed by atoms with E-state index in [2.05, 4.69) is 34.6 Å². The van der Waals surface area contributed by atoms with Crippen LogP contribution in [-0.4, -0.2) is 60.1 Å². The number of methoxy groups -OCH3 is 1. The van der Waals surface area contributed by atoms with Gasteiger partial charge in [-0.25, -0.2) is 9.78 Å². The van der Waals surface area contributed by atoms with Crippen molar-refractivity contribution in [2.75, 3.05) is 38.7 Å². The van der Waals surface area contributed by atoms with Crippen molar-refractivity contribution in [1.82, 2.24) is 14.8 Å². The number of piperidine rings is 1. The van der Waals surface area contributed by atoms with Crippen LogP contribution in [0.3, 0.4) is 0 Å². The molecular formula is C27H31ClN4O3S. The van der Waals surface area contributed by atoms with E-state index in [0.717, 1.165) is 32.4 Å². The van der Waals surface area contributed by atoms with Gasteiger partial charge in [0.1, 0.15) is 10.7 Å². The SMILES string of the molecule is COCCN(Cc1nc(C(=O)N2CCC(Cc3ccccc3)CC2)cs1)C(=O)Nc1ccc(Cl)cc1. The van der Waals surface area contributed by atoms with Crippen molar-refractivity contribution in [3.8, 4) is 0 Å². The Morgan fingerprint density at radius 2 is 1.86 bits per heavy atom. The fourth-order valence-electron chi connectivity index (χ4n) is 4.28. The van der Waals surface area contributed by atoms with E-state index in [4.69, 9.17) is 16.3 Å². The van der Waals surface area contributed by atoms with Crippen LogP contribution >= 0.6 is 22.9 Å². The van der Waals surface area contributed by atoms with E-state index in [1.165, 1.54) is 16.9 Å². The maximum absolute atomic E-state index is 13.1. The number of aromatic nitrogens is 1. The molecule has 1 N–H and O–H groups in total. The van der Waals surface area contributed by atoms with Crippen LogP contribution in [-0.2, 0) is 17.7 Å². The van der Waals surface area contributed by atoms with E-state index >= 15 is 0 Å². The Bertz CT molecular complexity index is 1130. The molecule has 2 heterocycles. The molecule has 3 aromatic rings. The van der Waals surface area contributed by atoms with Crippen molar-refractivity contribution >= 4 is 40.6 Å². The van der Waals surface area contributed by atoms with Crippen LogP contribution < -0.4 is 5.32 Å². The van der Waals surface area contributed by atoms with E-state index in [0.29, 0.717) is 47.0 Å².